The molecule has 0 spiro atoms. The Kier molecular flexibility index (Phi) is 5.48. The van der Waals surface area contributed by atoms with Crippen molar-refractivity contribution in [2.75, 3.05) is 18.5 Å². The fraction of sp³-hybridized carbons (Fsp3) is 0.462. The second-order valence-electron chi connectivity index (χ2n) is 3.99. The zero-order chi connectivity index (χ0) is 12.8. The van der Waals surface area contributed by atoms with Crippen LogP contribution in [0.2, 0.25) is 0 Å². The van der Waals surface area contributed by atoms with Crippen LogP contribution in [0, 0.1) is 12.8 Å². The van der Waals surface area contributed by atoms with Gasteiger partial charge >= 0.3 is 5.97 Å². The smallest absolute Gasteiger partial charge is 0.310 e. The number of halogens is 1. The monoisotopic (exact) mass is 299 g/mol. The molecule has 1 rings (SSSR count). The minimum atomic E-state index is -0.160. The topological polar surface area (TPSA) is 38.3 Å². The number of nitrogens with one attached hydrogen (secondary N) is 1. The van der Waals surface area contributed by atoms with E-state index in [0.717, 1.165) is 15.7 Å². The van der Waals surface area contributed by atoms with E-state index in [2.05, 4.69) is 21.2 Å². The predicted molar refractivity (Wildman–Crippen MR) is 73.2 cm³/mol. The number of ether oxygens (including phenoxy) is 1. The summed E-state index contributed by atoms with van der Waals surface area (Å²) in [6, 6.07) is 6.03. The van der Waals surface area contributed by atoms with Gasteiger partial charge in [0.2, 0.25) is 0 Å². The van der Waals surface area contributed by atoms with E-state index < -0.39 is 0 Å². The molecule has 1 aromatic carbocycles. The average Bonchev–Trinajstić information content (AvgIpc) is 2.30. The fourth-order valence-corrected chi connectivity index (χ4v) is 1.78. The molecule has 0 fully saturated rings. The lowest BCUT2D eigenvalue weighted by Crippen LogP contribution is -2.22. The lowest BCUT2D eigenvalue weighted by Gasteiger charge is -2.14. The summed E-state index contributed by atoms with van der Waals surface area (Å²) in [5, 5.41) is 3.26. The van der Waals surface area contributed by atoms with Gasteiger partial charge in [-0.2, -0.15) is 0 Å². The van der Waals surface area contributed by atoms with Crippen molar-refractivity contribution >= 4 is 27.6 Å². The Hall–Kier alpha value is -1.03. The molecule has 3 nitrogen and oxygen atoms in total. The molecule has 0 aliphatic rings. The Balaban J connectivity index is 2.55. The predicted octanol–water partition coefficient (Wildman–Crippen LogP) is 3.37. The van der Waals surface area contributed by atoms with Crippen molar-refractivity contribution in [1.29, 1.82) is 0 Å². The minimum absolute atomic E-state index is 0.145. The van der Waals surface area contributed by atoms with Crippen LogP contribution in [0.1, 0.15) is 19.4 Å². The first-order valence-electron chi connectivity index (χ1n) is 5.71. The summed E-state index contributed by atoms with van der Waals surface area (Å²) in [7, 11) is 0. The molecule has 94 valence electrons. The molecule has 0 heterocycles. The molecule has 0 aromatic heterocycles. The molecule has 0 amide bonds. The van der Waals surface area contributed by atoms with Gasteiger partial charge in [0.05, 0.1) is 12.5 Å². The van der Waals surface area contributed by atoms with E-state index in [-0.39, 0.29) is 11.9 Å². The number of benzene rings is 1. The third-order valence-corrected chi connectivity index (χ3v) is 2.98. The Labute approximate surface area is 111 Å². The molecule has 0 aliphatic carbocycles. The third kappa shape index (κ3) is 4.38. The average molecular weight is 300 g/mol. The zero-order valence-electron chi connectivity index (χ0n) is 10.4. The molecule has 0 aliphatic heterocycles. The quantitative estimate of drug-likeness (QED) is 0.847. The van der Waals surface area contributed by atoms with Crippen LogP contribution in [-0.4, -0.2) is 19.1 Å². The number of anilines is 1. The van der Waals surface area contributed by atoms with Crippen molar-refractivity contribution in [2.24, 2.45) is 5.92 Å². The van der Waals surface area contributed by atoms with E-state index in [1.165, 1.54) is 0 Å². The van der Waals surface area contributed by atoms with Crippen LogP contribution in [0.4, 0.5) is 5.69 Å². The first kappa shape index (κ1) is 14.0. The summed E-state index contributed by atoms with van der Waals surface area (Å²) in [6.07, 6.45) is 0. The molecular formula is C13H18BrNO2. The van der Waals surface area contributed by atoms with Crippen LogP contribution in [0.3, 0.4) is 0 Å². The van der Waals surface area contributed by atoms with Crippen LogP contribution in [0.25, 0.3) is 0 Å². The van der Waals surface area contributed by atoms with Gasteiger partial charge in [-0.1, -0.05) is 28.9 Å². The molecule has 1 atom stereocenters. The lowest BCUT2D eigenvalue weighted by molar-refractivity contribution is -0.146. The Morgan fingerprint density at radius 2 is 2.24 bits per heavy atom. The number of esters is 1. The molecule has 4 heteroatoms. The largest absolute Gasteiger partial charge is 0.466 e. The summed E-state index contributed by atoms with van der Waals surface area (Å²) in [4.78, 5) is 11.4. The highest BCUT2D eigenvalue weighted by atomic mass is 79.9. The van der Waals surface area contributed by atoms with Crippen molar-refractivity contribution in [3.8, 4) is 0 Å². The molecule has 0 saturated heterocycles. The molecule has 0 radical (unpaired) electrons. The second kappa shape index (κ2) is 6.64. The van der Waals surface area contributed by atoms with Crippen LogP contribution >= 0.6 is 15.9 Å². The Morgan fingerprint density at radius 3 is 2.88 bits per heavy atom. The molecule has 0 saturated carbocycles. The number of aryl methyl sites for hydroxylation is 1. The minimum Gasteiger partial charge on any atom is -0.466 e. The fourth-order valence-electron chi connectivity index (χ4n) is 1.42. The van der Waals surface area contributed by atoms with Crippen LogP contribution in [0.5, 0.6) is 0 Å². The van der Waals surface area contributed by atoms with Crippen LogP contribution < -0.4 is 5.32 Å². The van der Waals surface area contributed by atoms with Crippen molar-refractivity contribution in [3.63, 3.8) is 0 Å². The van der Waals surface area contributed by atoms with Crippen molar-refractivity contribution in [3.05, 3.63) is 28.2 Å². The van der Waals surface area contributed by atoms with Gasteiger partial charge in [-0.3, -0.25) is 4.79 Å². The first-order chi connectivity index (χ1) is 8.04. The maximum atomic E-state index is 11.4. The molecule has 1 unspecified atom stereocenters. The molecule has 1 N–H and O–H groups in total. The van der Waals surface area contributed by atoms with Crippen LogP contribution in [0.15, 0.2) is 22.7 Å². The summed E-state index contributed by atoms with van der Waals surface area (Å²) < 4.78 is 5.98. The van der Waals surface area contributed by atoms with Gasteiger partial charge in [-0.25, -0.2) is 0 Å². The van der Waals surface area contributed by atoms with Crippen molar-refractivity contribution in [2.45, 2.75) is 20.8 Å². The van der Waals surface area contributed by atoms with Gasteiger partial charge in [0.1, 0.15) is 0 Å². The standard InChI is InChI=1S/C13H18BrNO2/c1-4-17-13(16)10(3)8-15-12-7-11(14)6-5-9(12)2/h5-7,10,15H,4,8H2,1-3H3. The van der Waals surface area contributed by atoms with Gasteiger partial charge < -0.3 is 10.1 Å². The third-order valence-electron chi connectivity index (χ3n) is 2.49. The second-order valence-corrected chi connectivity index (χ2v) is 4.91. The van der Waals surface area contributed by atoms with Crippen molar-refractivity contribution in [1.82, 2.24) is 0 Å². The van der Waals surface area contributed by atoms with Crippen molar-refractivity contribution < 1.29 is 9.53 Å². The van der Waals surface area contributed by atoms with E-state index in [1.54, 1.807) is 0 Å². The SMILES string of the molecule is CCOC(=O)C(C)CNc1cc(Br)ccc1C. The highest BCUT2D eigenvalue weighted by Crippen LogP contribution is 2.20. The first-order valence-corrected chi connectivity index (χ1v) is 6.50. The van der Waals surface area contributed by atoms with Gasteiger partial charge in [0.25, 0.3) is 0 Å². The molecule has 1 aromatic rings. The normalized spacial score (nSPS) is 12.0. The van der Waals surface area contributed by atoms with Gasteiger partial charge in [0.15, 0.2) is 0 Å². The van der Waals surface area contributed by atoms with Gasteiger partial charge in [-0.05, 0) is 31.5 Å². The lowest BCUT2D eigenvalue weighted by atomic mass is 10.1. The number of rotatable bonds is 5. The van der Waals surface area contributed by atoms with E-state index in [9.17, 15) is 4.79 Å². The van der Waals surface area contributed by atoms with E-state index in [4.69, 9.17) is 4.74 Å². The summed E-state index contributed by atoms with van der Waals surface area (Å²) in [5.74, 6) is -0.305. The Morgan fingerprint density at radius 1 is 1.53 bits per heavy atom. The highest BCUT2D eigenvalue weighted by Gasteiger charge is 2.13. The highest BCUT2D eigenvalue weighted by molar-refractivity contribution is 9.10. The number of carbonyl (C=O) groups excluding carboxylic acids is 1. The maximum Gasteiger partial charge on any atom is 0.310 e. The molecular weight excluding hydrogens is 282 g/mol. The zero-order valence-corrected chi connectivity index (χ0v) is 12.0. The van der Waals surface area contributed by atoms with E-state index in [1.807, 2.05) is 39.0 Å². The van der Waals surface area contributed by atoms with Gasteiger partial charge in [0, 0.05) is 16.7 Å². The van der Waals surface area contributed by atoms with E-state index >= 15 is 0 Å². The molecule has 0 bridgehead atoms. The molecule has 17 heavy (non-hydrogen) atoms. The summed E-state index contributed by atoms with van der Waals surface area (Å²) in [6.45, 7) is 6.72. The summed E-state index contributed by atoms with van der Waals surface area (Å²) in [5.41, 5.74) is 2.19. The Bertz CT molecular complexity index is 393. The summed E-state index contributed by atoms with van der Waals surface area (Å²) >= 11 is 3.43. The maximum absolute atomic E-state index is 11.4. The van der Waals surface area contributed by atoms with Crippen LogP contribution in [-0.2, 0) is 9.53 Å². The number of hydrogen-bond acceptors (Lipinski definition) is 3. The number of hydrogen-bond donors (Lipinski definition) is 1. The van der Waals surface area contributed by atoms with Gasteiger partial charge in [-0.15, -0.1) is 0 Å². The van der Waals surface area contributed by atoms with E-state index in [0.29, 0.717) is 13.2 Å². The number of carbonyl (C=O) groups is 1.